The summed E-state index contributed by atoms with van der Waals surface area (Å²) in [5.74, 6) is 0. The molecule has 0 saturated carbocycles. The van der Waals surface area contributed by atoms with Gasteiger partial charge in [-0.25, -0.2) is 0 Å². The van der Waals surface area contributed by atoms with E-state index in [1.165, 1.54) is 64.3 Å². The van der Waals surface area contributed by atoms with Gasteiger partial charge in [0.1, 0.15) is 0 Å². The fourth-order valence-corrected chi connectivity index (χ4v) is 3.10. The highest BCUT2D eigenvalue weighted by molar-refractivity contribution is 4.88. The molecule has 0 radical (unpaired) electrons. The van der Waals surface area contributed by atoms with Crippen LogP contribution in [0, 0.1) is 0 Å². The summed E-state index contributed by atoms with van der Waals surface area (Å²) in [4.78, 5) is 2.84. The van der Waals surface area contributed by atoms with E-state index >= 15 is 0 Å². The van der Waals surface area contributed by atoms with E-state index < -0.39 is 0 Å². The van der Waals surface area contributed by atoms with E-state index in [4.69, 9.17) is 0 Å². The van der Waals surface area contributed by atoms with Gasteiger partial charge in [-0.05, 0) is 46.1 Å². The van der Waals surface area contributed by atoms with Crippen LogP contribution in [0.4, 0.5) is 0 Å². The molecule has 19 heavy (non-hydrogen) atoms. The second-order valence-corrected chi connectivity index (χ2v) is 6.51. The minimum absolute atomic E-state index is 0.427. The van der Waals surface area contributed by atoms with Gasteiger partial charge >= 0.3 is 0 Å². The van der Waals surface area contributed by atoms with Gasteiger partial charge in [0.15, 0.2) is 0 Å². The highest BCUT2D eigenvalue weighted by Crippen LogP contribution is 2.31. The quantitative estimate of drug-likeness (QED) is 0.418. The first-order valence-corrected chi connectivity index (χ1v) is 8.82. The summed E-state index contributed by atoms with van der Waals surface area (Å²) in [7, 11) is 0. The maximum absolute atomic E-state index is 2.84. The van der Waals surface area contributed by atoms with E-state index in [1.54, 1.807) is 0 Å². The molecule has 0 aliphatic carbocycles. The summed E-state index contributed by atoms with van der Waals surface area (Å²) in [5.41, 5.74) is 0.427. The van der Waals surface area contributed by atoms with Crippen molar-refractivity contribution < 1.29 is 0 Å². The lowest BCUT2D eigenvalue weighted by Gasteiger charge is -2.45. The Balaban J connectivity index is 4.85. The van der Waals surface area contributed by atoms with Crippen LogP contribution in [0.1, 0.15) is 99.3 Å². The van der Waals surface area contributed by atoms with Gasteiger partial charge in [-0.1, -0.05) is 59.8 Å². The van der Waals surface area contributed by atoms with Gasteiger partial charge in [0.05, 0.1) is 0 Å². The molecule has 0 spiro atoms. The fourth-order valence-electron chi connectivity index (χ4n) is 3.10. The smallest absolute Gasteiger partial charge is 0.0184 e. The fraction of sp³-hybridized carbons (Fsp3) is 1.00. The molecule has 1 unspecified atom stereocenters. The van der Waals surface area contributed by atoms with Crippen LogP contribution in [0.2, 0.25) is 0 Å². The first kappa shape index (κ1) is 19.0. The Bertz CT molecular complexity index is 192. The first-order valence-electron chi connectivity index (χ1n) is 8.82. The third-order valence-corrected chi connectivity index (χ3v) is 4.71. The van der Waals surface area contributed by atoms with Crippen LogP contribution in [0.5, 0.6) is 0 Å². The Morgan fingerprint density at radius 1 is 0.842 bits per heavy atom. The molecule has 0 amide bonds. The van der Waals surface area contributed by atoms with Crippen molar-refractivity contribution in [2.75, 3.05) is 6.54 Å². The molecule has 116 valence electrons. The van der Waals surface area contributed by atoms with Crippen molar-refractivity contribution in [3.63, 3.8) is 0 Å². The van der Waals surface area contributed by atoms with Crippen LogP contribution in [0.25, 0.3) is 0 Å². The van der Waals surface area contributed by atoms with Crippen molar-refractivity contribution in [1.29, 1.82) is 0 Å². The molecule has 0 aliphatic heterocycles. The molecule has 0 aliphatic rings. The van der Waals surface area contributed by atoms with Gasteiger partial charge in [-0.2, -0.15) is 0 Å². The second kappa shape index (κ2) is 10.7. The van der Waals surface area contributed by atoms with Crippen molar-refractivity contribution in [2.45, 2.75) is 111 Å². The normalized spacial score (nSPS) is 14.1. The average molecular weight is 270 g/mol. The summed E-state index contributed by atoms with van der Waals surface area (Å²) < 4.78 is 0. The van der Waals surface area contributed by atoms with Gasteiger partial charge in [0, 0.05) is 11.6 Å². The van der Waals surface area contributed by atoms with Crippen LogP contribution in [-0.2, 0) is 0 Å². The van der Waals surface area contributed by atoms with E-state index in [-0.39, 0.29) is 0 Å². The summed E-state index contributed by atoms with van der Waals surface area (Å²) in [6, 6.07) is 0.727. The molecule has 0 aromatic carbocycles. The van der Waals surface area contributed by atoms with Crippen molar-refractivity contribution in [3.05, 3.63) is 0 Å². The Kier molecular flexibility index (Phi) is 10.7. The van der Waals surface area contributed by atoms with E-state index in [1.807, 2.05) is 0 Å². The van der Waals surface area contributed by atoms with Gasteiger partial charge < -0.3 is 0 Å². The summed E-state index contributed by atoms with van der Waals surface area (Å²) in [6.07, 6.45) is 12.1. The molecule has 0 saturated heterocycles. The summed E-state index contributed by atoms with van der Waals surface area (Å²) in [6.45, 7) is 15.5. The van der Waals surface area contributed by atoms with Crippen molar-refractivity contribution >= 4 is 0 Å². The predicted molar refractivity (Wildman–Crippen MR) is 88.8 cm³/mol. The summed E-state index contributed by atoms with van der Waals surface area (Å²) >= 11 is 0. The lowest BCUT2D eigenvalue weighted by molar-refractivity contribution is 0.0409. The van der Waals surface area contributed by atoms with E-state index in [0.29, 0.717) is 5.54 Å². The lowest BCUT2D eigenvalue weighted by atomic mass is 9.85. The molecule has 0 aromatic rings. The second-order valence-electron chi connectivity index (χ2n) is 6.51. The third kappa shape index (κ3) is 6.79. The molecule has 1 atom stereocenters. The van der Waals surface area contributed by atoms with Crippen molar-refractivity contribution in [3.8, 4) is 0 Å². The zero-order valence-electron chi connectivity index (χ0n) is 14.6. The van der Waals surface area contributed by atoms with Crippen molar-refractivity contribution in [2.24, 2.45) is 0 Å². The Morgan fingerprint density at radius 2 is 1.32 bits per heavy atom. The molecule has 0 aromatic heterocycles. The third-order valence-electron chi connectivity index (χ3n) is 4.71. The monoisotopic (exact) mass is 269 g/mol. The SMILES string of the molecule is CCCCN(C(C)CC)C(C)(CCCC)CCCC. The Labute approximate surface area is 123 Å². The molecule has 0 fully saturated rings. The average Bonchev–Trinajstić information content (AvgIpc) is 2.43. The number of nitrogens with zero attached hydrogens (tertiary/aromatic N) is 1. The highest BCUT2D eigenvalue weighted by Gasteiger charge is 2.32. The first-order chi connectivity index (χ1) is 9.05. The molecule has 1 nitrogen and oxygen atoms in total. The number of hydrogen-bond acceptors (Lipinski definition) is 1. The van der Waals surface area contributed by atoms with E-state index in [9.17, 15) is 0 Å². The molecule has 1 heteroatoms. The maximum Gasteiger partial charge on any atom is 0.0184 e. The number of hydrogen-bond donors (Lipinski definition) is 0. The van der Waals surface area contributed by atoms with E-state index in [2.05, 4.69) is 46.4 Å². The Hall–Kier alpha value is -0.0400. The van der Waals surface area contributed by atoms with Crippen LogP contribution in [0.3, 0.4) is 0 Å². The number of rotatable bonds is 12. The van der Waals surface area contributed by atoms with Gasteiger partial charge in [0.25, 0.3) is 0 Å². The largest absolute Gasteiger partial charge is 0.295 e. The molecule has 0 bridgehead atoms. The summed E-state index contributed by atoms with van der Waals surface area (Å²) in [5, 5.41) is 0. The molecule has 0 N–H and O–H groups in total. The molecular formula is C18H39N. The molecule has 0 heterocycles. The van der Waals surface area contributed by atoms with Crippen LogP contribution in [0.15, 0.2) is 0 Å². The zero-order valence-corrected chi connectivity index (χ0v) is 14.6. The minimum Gasteiger partial charge on any atom is -0.295 e. The topological polar surface area (TPSA) is 3.24 Å². The van der Waals surface area contributed by atoms with Gasteiger partial charge in [-0.15, -0.1) is 0 Å². The van der Waals surface area contributed by atoms with E-state index in [0.717, 1.165) is 6.04 Å². The predicted octanol–water partition coefficient (Wildman–Crippen LogP) is 6.03. The zero-order chi connectivity index (χ0) is 14.7. The van der Waals surface area contributed by atoms with Gasteiger partial charge in [-0.3, -0.25) is 4.90 Å². The molecule has 0 rings (SSSR count). The highest BCUT2D eigenvalue weighted by atomic mass is 15.2. The number of unbranched alkanes of at least 4 members (excludes halogenated alkanes) is 3. The Morgan fingerprint density at radius 3 is 1.68 bits per heavy atom. The van der Waals surface area contributed by atoms with Crippen LogP contribution >= 0.6 is 0 Å². The van der Waals surface area contributed by atoms with Crippen LogP contribution < -0.4 is 0 Å². The minimum atomic E-state index is 0.427. The lowest BCUT2D eigenvalue weighted by Crippen LogP contribution is -2.51. The molecular weight excluding hydrogens is 230 g/mol. The van der Waals surface area contributed by atoms with Gasteiger partial charge in [0.2, 0.25) is 0 Å². The van der Waals surface area contributed by atoms with Crippen molar-refractivity contribution in [1.82, 2.24) is 4.90 Å². The van der Waals surface area contributed by atoms with Crippen LogP contribution in [-0.4, -0.2) is 23.0 Å². The maximum atomic E-state index is 2.84. The standard InChI is InChI=1S/C18H39N/c1-7-11-14-18(6,15-12-8-2)19(16-13-9-3)17(5)10-4/h17H,7-16H2,1-6H3.